The minimum absolute atomic E-state index is 0.867. The first kappa shape index (κ1) is 11.0. The summed E-state index contributed by atoms with van der Waals surface area (Å²) in [4.78, 5) is 0. The highest BCUT2D eigenvalue weighted by molar-refractivity contribution is 4.83. The van der Waals surface area contributed by atoms with Crippen LogP contribution in [-0.4, -0.2) is 0 Å². The Kier molecular flexibility index (Phi) is 6.69. The van der Waals surface area contributed by atoms with Gasteiger partial charge in [-0.1, -0.05) is 47.0 Å². The lowest BCUT2D eigenvalue weighted by atomic mass is 9.95. The zero-order valence-corrected chi connectivity index (χ0v) is 8.61. The quantitative estimate of drug-likeness (QED) is 0.539. The monoisotopic (exact) mass is 155 g/mol. The highest BCUT2D eigenvalue weighted by Crippen LogP contribution is 2.18. The molecule has 0 rings (SSSR count). The van der Waals surface area contributed by atoms with Crippen molar-refractivity contribution in [3.63, 3.8) is 0 Å². The summed E-state index contributed by atoms with van der Waals surface area (Å²) >= 11 is 0. The van der Waals surface area contributed by atoms with Crippen LogP contribution in [0.5, 0.6) is 0 Å². The van der Waals surface area contributed by atoms with Gasteiger partial charge >= 0.3 is 0 Å². The molecule has 0 aromatic heterocycles. The van der Waals surface area contributed by atoms with Crippen molar-refractivity contribution >= 4 is 0 Å². The Bertz CT molecular complexity index is 74.1. The Morgan fingerprint density at radius 1 is 1.18 bits per heavy atom. The molecule has 0 heterocycles. The standard InChI is InChI=1S/C11H23/c1-5-6-7-11(4)9-8-10(2)3/h10H,5-9H2,1-4H3. The SMILES string of the molecule is CCCC[C](C)CCC(C)C. The Labute approximate surface area is 72.4 Å². The summed E-state index contributed by atoms with van der Waals surface area (Å²) in [5, 5.41) is 0. The maximum absolute atomic E-state index is 2.30. The van der Waals surface area contributed by atoms with Crippen LogP contribution in [0.4, 0.5) is 0 Å². The molecule has 0 saturated carbocycles. The lowest BCUT2D eigenvalue weighted by molar-refractivity contribution is 0.541. The summed E-state index contributed by atoms with van der Waals surface area (Å²) in [7, 11) is 0. The molecule has 0 aliphatic rings. The average Bonchev–Trinajstić information content (AvgIpc) is 1.97. The van der Waals surface area contributed by atoms with Crippen molar-refractivity contribution in [2.75, 3.05) is 0 Å². The molecule has 0 aromatic rings. The fourth-order valence-electron chi connectivity index (χ4n) is 1.14. The van der Waals surface area contributed by atoms with Crippen molar-refractivity contribution < 1.29 is 0 Å². The third kappa shape index (κ3) is 7.90. The molecule has 67 valence electrons. The van der Waals surface area contributed by atoms with E-state index in [4.69, 9.17) is 0 Å². The van der Waals surface area contributed by atoms with Crippen molar-refractivity contribution in [3.8, 4) is 0 Å². The van der Waals surface area contributed by atoms with Gasteiger partial charge in [-0.3, -0.25) is 0 Å². The minimum Gasteiger partial charge on any atom is -0.0654 e. The van der Waals surface area contributed by atoms with Crippen LogP contribution >= 0.6 is 0 Å². The predicted molar refractivity (Wildman–Crippen MR) is 52.5 cm³/mol. The van der Waals surface area contributed by atoms with E-state index in [0.717, 1.165) is 5.92 Å². The lowest BCUT2D eigenvalue weighted by Crippen LogP contribution is -1.95. The van der Waals surface area contributed by atoms with Crippen molar-refractivity contribution in [3.05, 3.63) is 5.92 Å². The Balaban J connectivity index is 3.15. The number of hydrogen-bond donors (Lipinski definition) is 0. The van der Waals surface area contributed by atoms with Gasteiger partial charge in [-0.15, -0.1) is 0 Å². The summed E-state index contributed by atoms with van der Waals surface area (Å²) in [5.41, 5.74) is 0. The molecule has 0 fully saturated rings. The second-order valence-corrected chi connectivity index (χ2v) is 3.99. The smallest absolute Gasteiger partial charge is 0.0272 e. The molecule has 0 spiro atoms. The number of rotatable bonds is 6. The number of unbranched alkanes of at least 4 members (excludes halogenated alkanes) is 1. The molecule has 0 unspecified atom stereocenters. The summed E-state index contributed by atoms with van der Waals surface area (Å²) in [5.74, 6) is 2.56. The molecule has 0 bridgehead atoms. The second-order valence-electron chi connectivity index (χ2n) is 3.99. The van der Waals surface area contributed by atoms with Gasteiger partial charge in [0.1, 0.15) is 0 Å². The topological polar surface area (TPSA) is 0 Å². The summed E-state index contributed by atoms with van der Waals surface area (Å²) in [6.07, 6.45) is 6.78. The second kappa shape index (κ2) is 6.69. The van der Waals surface area contributed by atoms with Crippen LogP contribution in [0.2, 0.25) is 0 Å². The van der Waals surface area contributed by atoms with Crippen molar-refractivity contribution in [1.29, 1.82) is 0 Å². The highest BCUT2D eigenvalue weighted by atomic mass is 14.1. The Morgan fingerprint density at radius 2 is 1.82 bits per heavy atom. The van der Waals surface area contributed by atoms with Crippen molar-refractivity contribution in [2.24, 2.45) is 5.92 Å². The van der Waals surface area contributed by atoms with E-state index in [1.807, 2.05) is 0 Å². The third-order valence-electron chi connectivity index (χ3n) is 2.11. The van der Waals surface area contributed by atoms with E-state index in [1.165, 1.54) is 32.1 Å². The first-order chi connectivity index (χ1) is 5.16. The molecular formula is C11H23. The van der Waals surface area contributed by atoms with E-state index in [1.54, 1.807) is 5.92 Å². The zero-order valence-electron chi connectivity index (χ0n) is 8.61. The molecule has 0 aromatic carbocycles. The van der Waals surface area contributed by atoms with Crippen LogP contribution in [0.25, 0.3) is 0 Å². The van der Waals surface area contributed by atoms with E-state index in [2.05, 4.69) is 27.7 Å². The first-order valence-corrected chi connectivity index (χ1v) is 4.98. The molecule has 0 nitrogen and oxygen atoms in total. The fourth-order valence-corrected chi connectivity index (χ4v) is 1.14. The largest absolute Gasteiger partial charge is 0.0654 e. The molecule has 0 heteroatoms. The van der Waals surface area contributed by atoms with Gasteiger partial charge in [0.15, 0.2) is 0 Å². The van der Waals surface area contributed by atoms with E-state index in [-0.39, 0.29) is 0 Å². The molecule has 0 saturated heterocycles. The van der Waals surface area contributed by atoms with Gasteiger partial charge in [0.25, 0.3) is 0 Å². The Morgan fingerprint density at radius 3 is 2.27 bits per heavy atom. The van der Waals surface area contributed by atoms with Crippen molar-refractivity contribution in [2.45, 2.75) is 59.8 Å². The van der Waals surface area contributed by atoms with Crippen molar-refractivity contribution in [1.82, 2.24) is 0 Å². The summed E-state index contributed by atoms with van der Waals surface area (Å²) in [6, 6.07) is 0. The minimum atomic E-state index is 0.867. The zero-order chi connectivity index (χ0) is 8.69. The van der Waals surface area contributed by atoms with Gasteiger partial charge in [0.2, 0.25) is 0 Å². The molecule has 0 aliphatic carbocycles. The maximum atomic E-state index is 2.30. The van der Waals surface area contributed by atoms with Gasteiger partial charge in [-0.05, 0) is 24.7 Å². The van der Waals surface area contributed by atoms with Gasteiger partial charge in [0, 0.05) is 0 Å². The van der Waals surface area contributed by atoms with Crippen LogP contribution in [0.15, 0.2) is 0 Å². The van der Waals surface area contributed by atoms with E-state index >= 15 is 0 Å². The molecule has 0 N–H and O–H groups in total. The molecule has 0 aliphatic heterocycles. The predicted octanol–water partition coefficient (Wildman–Crippen LogP) is 4.21. The van der Waals surface area contributed by atoms with Gasteiger partial charge in [-0.2, -0.15) is 0 Å². The molecular weight excluding hydrogens is 132 g/mol. The van der Waals surface area contributed by atoms with Crippen LogP contribution in [-0.2, 0) is 0 Å². The van der Waals surface area contributed by atoms with E-state index in [0.29, 0.717) is 0 Å². The van der Waals surface area contributed by atoms with Gasteiger partial charge < -0.3 is 0 Å². The van der Waals surface area contributed by atoms with Crippen LogP contribution in [0, 0.1) is 11.8 Å². The van der Waals surface area contributed by atoms with Crippen LogP contribution < -0.4 is 0 Å². The fraction of sp³-hybridized carbons (Fsp3) is 0.909. The molecule has 1 radical (unpaired) electrons. The normalized spacial score (nSPS) is 11.5. The third-order valence-corrected chi connectivity index (χ3v) is 2.11. The van der Waals surface area contributed by atoms with Crippen LogP contribution in [0.3, 0.4) is 0 Å². The summed E-state index contributed by atoms with van der Waals surface area (Å²) in [6.45, 7) is 9.16. The molecule has 11 heavy (non-hydrogen) atoms. The lowest BCUT2D eigenvalue weighted by Gasteiger charge is -2.11. The number of hydrogen-bond acceptors (Lipinski definition) is 0. The van der Waals surface area contributed by atoms with Gasteiger partial charge in [-0.25, -0.2) is 0 Å². The molecule has 0 amide bonds. The average molecular weight is 155 g/mol. The van der Waals surface area contributed by atoms with Gasteiger partial charge in [0.05, 0.1) is 0 Å². The highest BCUT2D eigenvalue weighted by Gasteiger charge is 2.02. The summed E-state index contributed by atoms with van der Waals surface area (Å²) < 4.78 is 0. The Hall–Kier alpha value is 0. The first-order valence-electron chi connectivity index (χ1n) is 4.98. The van der Waals surface area contributed by atoms with E-state index < -0.39 is 0 Å². The van der Waals surface area contributed by atoms with Crippen LogP contribution in [0.1, 0.15) is 59.8 Å². The molecule has 0 atom stereocenters. The van der Waals surface area contributed by atoms with E-state index in [9.17, 15) is 0 Å². The maximum Gasteiger partial charge on any atom is -0.0272 e.